The zero-order chi connectivity index (χ0) is 14.8. The van der Waals surface area contributed by atoms with Crippen molar-refractivity contribution < 1.29 is 0 Å². The lowest BCUT2D eigenvalue weighted by Gasteiger charge is -2.23. The number of benzene rings is 1. The first-order valence-corrected chi connectivity index (χ1v) is 7.69. The van der Waals surface area contributed by atoms with Crippen LogP contribution in [-0.4, -0.2) is 29.6 Å². The Hall–Kier alpha value is -2.10. The molecule has 0 spiro atoms. The van der Waals surface area contributed by atoms with E-state index in [1.54, 1.807) is 0 Å². The van der Waals surface area contributed by atoms with Crippen LogP contribution in [0.4, 0.5) is 17.5 Å². The van der Waals surface area contributed by atoms with Crippen molar-refractivity contribution in [2.75, 3.05) is 29.4 Å². The van der Waals surface area contributed by atoms with Crippen molar-refractivity contribution in [1.82, 2.24) is 9.97 Å². The van der Waals surface area contributed by atoms with E-state index in [-0.39, 0.29) is 0 Å². The number of aryl methyl sites for hydroxylation is 1. The van der Waals surface area contributed by atoms with Crippen LogP contribution in [0.1, 0.15) is 25.1 Å². The zero-order valence-corrected chi connectivity index (χ0v) is 13.0. The molecule has 1 aliphatic heterocycles. The van der Waals surface area contributed by atoms with Gasteiger partial charge in [0, 0.05) is 37.1 Å². The number of nitrogens with zero attached hydrogens (tertiary/aromatic N) is 4. The number of hydrogen-bond acceptors (Lipinski definition) is 4. The van der Waals surface area contributed by atoms with Crippen molar-refractivity contribution in [1.29, 1.82) is 0 Å². The molecule has 0 saturated carbocycles. The van der Waals surface area contributed by atoms with E-state index in [1.165, 1.54) is 11.3 Å². The van der Waals surface area contributed by atoms with Gasteiger partial charge < -0.3 is 9.80 Å². The zero-order valence-electron chi connectivity index (χ0n) is 13.0. The molecule has 0 unspecified atom stereocenters. The Morgan fingerprint density at radius 3 is 2.67 bits per heavy atom. The van der Waals surface area contributed by atoms with Gasteiger partial charge in [-0.05, 0) is 38.8 Å². The fraction of sp³-hybridized carbons (Fsp3) is 0.412. The van der Waals surface area contributed by atoms with Crippen LogP contribution < -0.4 is 9.80 Å². The summed E-state index contributed by atoms with van der Waals surface area (Å²) in [6, 6.07) is 10.7. The van der Waals surface area contributed by atoms with Crippen LogP contribution in [0.2, 0.25) is 0 Å². The van der Waals surface area contributed by atoms with Crippen molar-refractivity contribution >= 4 is 17.5 Å². The number of para-hydroxylation sites is 1. The summed E-state index contributed by atoms with van der Waals surface area (Å²) in [4.78, 5) is 13.9. The highest BCUT2D eigenvalue weighted by atomic mass is 15.3. The first-order chi connectivity index (χ1) is 10.2. The van der Waals surface area contributed by atoms with Gasteiger partial charge >= 0.3 is 0 Å². The standard InChI is InChI=1S/C17H22N4/c1-4-20(5-2)17-18-13(3)12-16(19-17)21-11-10-14-8-6-7-9-15(14)21/h6-9,12H,4-5,10-11H2,1-3H3. The van der Waals surface area contributed by atoms with Gasteiger partial charge in [-0.25, -0.2) is 4.98 Å². The Morgan fingerprint density at radius 1 is 1.14 bits per heavy atom. The SMILES string of the molecule is CCN(CC)c1nc(C)cc(N2CCc3ccccc32)n1. The molecule has 0 radical (unpaired) electrons. The molecule has 2 heterocycles. The van der Waals surface area contributed by atoms with Crippen molar-refractivity contribution in [3.05, 3.63) is 41.6 Å². The third-order valence-corrected chi connectivity index (χ3v) is 4.04. The highest BCUT2D eigenvalue weighted by Gasteiger charge is 2.22. The van der Waals surface area contributed by atoms with E-state index in [9.17, 15) is 0 Å². The van der Waals surface area contributed by atoms with Gasteiger partial charge in [-0.1, -0.05) is 18.2 Å². The molecule has 4 heteroatoms. The van der Waals surface area contributed by atoms with E-state index in [0.29, 0.717) is 0 Å². The summed E-state index contributed by atoms with van der Waals surface area (Å²) in [5.74, 6) is 1.84. The Bertz CT molecular complexity index is 634. The van der Waals surface area contributed by atoms with E-state index in [4.69, 9.17) is 4.98 Å². The second-order valence-corrected chi connectivity index (χ2v) is 5.37. The van der Waals surface area contributed by atoms with Crippen LogP contribution in [0.25, 0.3) is 0 Å². The van der Waals surface area contributed by atoms with Crippen LogP contribution in [0.3, 0.4) is 0 Å². The summed E-state index contributed by atoms with van der Waals surface area (Å²) in [6.07, 6.45) is 1.08. The predicted octanol–water partition coefficient (Wildman–Crippen LogP) is 3.33. The summed E-state index contributed by atoms with van der Waals surface area (Å²) in [5.41, 5.74) is 3.70. The molecule has 4 nitrogen and oxygen atoms in total. The number of anilines is 3. The van der Waals surface area contributed by atoms with E-state index in [2.05, 4.69) is 59.0 Å². The van der Waals surface area contributed by atoms with Crippen LogP contribution >= 0.6 is 0 Å². The molecule has 1 aromatic heterocycles. The lowest BCUT2D eigenvalue weighted by atomic mass is 10.2. The Kier molecular flexibility index (Phi) is 3.78. The Balaban J connectivity index is 2.00. The topological polar surface area (TPSA) is 32.3 Å². The number of fused-ring (bicyclic) bond motifs is 1. The smallest absolute Gasteiger partial charge is 0.227 e. The highest BCUT2D eigenvalue weighted by molar-refractivity contribution is 5.68. The quantitative estimate of drug-likeness (QED) is 0.861. The summed E-state index contributed by atoms with van der Waals surface area (Å²) in [5, 5.41) is 0. The van der Waals surface area contributed by atoms with E-state index >= 15 is 0 Å². The largest absolute Gasteiger partial charge is 0.341 e. The van der Waals surface area contributed by atoms with Gasteiger partial charge in [-0.15, -0.1) is 0 Å². The molecule has 2 aromatic rings. The molecule has 1 aliphatic rings. The molecule has 0 aliphatic carbocycles. The number of hydrogen-bond donors (Lipinski definition) is 0. The minimum absolute atomic E-state index is 0.833. The summed E-state index contributed by atoms with van der Waals surface area (Å²) in [7, 11) is 0. The second kappa shape index (κ2) is 5.72. The first kappa shape index (κ1) is 13.9. The maximum atomic E-state index is 4.80. The van der Waals surface area contributed by atoms with Crippen molar-refractivity contribution in [3.63, 3.8) is 0 Å². The van der Waals surface area contributed by atoms with Crippen molar-refractivity contribution in [3.8, 4) is 0 Å². The molecule has 3 rings (SSSR count). The third kappa shape index (κ3) is 2.58. The molecule has 0 amide bonds. The van der Waals surface area contributed by atoms with E-state index in [1.807, 2.05) is 6.92 Å². The minimum atomic E-state index is 0.833. The predicted molar refractivity (Wildman–Crippen MR) is 87.5 cm³/mol. The van der Waals surface area contributed by atoms with E-state index < -0.39 is 0 Å². The van der Waals surface area contributed by atoms with Crippen LogP contribution in [-0.2, 0) is 6.42 Å². The van der Waals surface area contributed by atoms with Gasteiger partial charge in [0.25, 0.3) is 0 Å². The van der Waals surface area contributed by atoms with Gasteiger partial charge in [0.15, 0.2) is 0 Å². The molecule has 1 aromatic carbocycles. The van der Waals surface area contributed by atoms with Gasteiger partial charge in [-0.3, -0.25) is 0 Å². The average Bonchev–Trinajstić information content (AvgIpc) is 2.92. The lowest BCUT2D eigenvalue weighted by molar-refractivity contribution is 0.812. The molecule has 0 atom stereocenters. The van der Waals surface area contributed by atoms with Gasteiger partial charge in [0.05, 0.1) is 0 Å². The average molecular weight is 282 g/mol. The fourth-order valence-corrected chi connectivity index (χ4v) is 2.90. The molecule has 0 bridgehead atoms. The summed E-state index contributed by atoms with van der Waals surface area (Å²) >= 11 is 0. The highest BCUT2D eigenvalue weighted by Crippen LogP contribution is 2.33. The normalized spacial score (nSPS) is 13.4. The maximum Gasteiger partial charge on any atom is 0.227 e. The van der Waals surface area contributed by atoms with Crippen LogP contribution in [0, 0.1) is 6.92 Å². The third-order valence-electron chi connectivity index (χ3n) is 4.04. The Labute approximate surface area is 126 Å². The monoisotopic (exact) mass is 282 g/mol. The molecular formula is C17H22N4. The van der Waals surface area contributed by atoms with Crippen molar-refractivity contribution in [2.45, 2.75) is 27.2 Å². The second-order valence-electron chi connectivity index (χ2n) is 5.37. The van der Waals surface area contributed by atoms with Gasteiger partial charge in [0.1, 0.15) is 5.82 Å². The van der Waals surface area contributed by atoms with Crippen LogP contribution in [0.15, 0.2) is 30.3 Å². The maximum absolute atomic E-state index is 4.80. The molecule has 21 heavy (non-hydrogen) atoms. The molecule has 0 N–H and O–H groups in total. The van der Waals surface area contributed by atoms with Crippen molar-refractivity contribution in [2.24, 2.45) is 0 Å². The lowest BCUT2D eigenvalue weighted by Crippen LogP contribution is -2.25. The van der Waals surface area contributed by atoms with Gasteiger partial charge in [-0.2, -0.15) is 4.98 Å². The molecular weight excluding hydrogens is 260 g/mol. The van der Waals surface area contributed by atoms with Gasteiger partial charge in [0.2, 0.25) is 5.95 Å². The summed E-state index contributed by atoms with van der Waals surface area (Å²) in [6.45, 7) is 9.17. The molecule has 0 saturated heterocycles. The number of rotatable bonds is 4. The Morgan fingerprint density at radius 2 is 1.90 bits per heavy atom. The molecule has 110 valence electrons. The minimum Gasteiger partial charge on any atom is -0.341 e. The summed E-state index contributed by atoms with van der Waals surface area (Å²) < 4.78 is 0. The first-order valence-electron chi connectivity index (χ1n) is 7.69. The van der Waals surface area contributed by atoms with Crippen LogP contribution in [0.5, 0.6) is 0 Å². The molecule has 0 fully saturated rings. The number of aromatic nitrogens is 2. The van der Waals surface area contributed by atoms with E-state index in [0.717, 1.165) is 43.5 Å². The fourth-order valence-electron chi connectivity index (χ4n) is 2.90.